The summed E-state index contributed by atoms with van der Waals surface area (Å²) in [4.78, 5) is 34.9. The second kappa shape index (κ2) is 34.0. The van der Waals surface area contributed by atoms with Gasteiger partial charge in [0.1, 0.15) is 11.4 Å². The Labute approximate surface area is 366 Å². The number of benzene rings is 2. The van der Waals surface area contributed by atoms with Crippen LogP contribution in [0.1, 0.15) is 155 Å². The first-order chi connectivity index (χ1) is 27.3. The van der Waals surface area contributed by atoms with E-state index in [0.717, 1.165) is 74.4 Å². The van der Waals surface area contributed by atoms with Crippen LogP contribution >= 0.6 is 0 Å². The van der Waals surface area contributed by atoms with Gasteiger partial charge in [0, 0.05) is 12.4 Å². The normalized spacial score (nSPS) is 11.8. The number of hydrogen-bond acceptors (Lipinski definition) is 6. The Kier molecular flexibility index (Phi) is 32.4. The summed E-state index contributed by atoms with van der Waals surface area (Å²) < 4.78 is 12.5. The minimum absolute atomic E-state index is 0. The number of carbonyl (C=O) groups is 2. The average molecular weight is 848 g/mol. The van der Waals surface area contributed by atoms with Gasteiger partial charge in [-0.05, 0) is 100 Å². The molecule has 2 aromatic rings. The molecule has 58 heavy (non-hydrogen) atoms. The van der Waals surface area contributed by atoms with E-state index in [1.54, 1.807) is 0 Å². The SMILES string of the molecule is CCCCCCCCCCOC(=O)C[N+](CC)(CC)c1ccc(C=NCCN=Cc2ccc([N+](CC)(CC)CC(=O)OCCCCCCCCCC)cc2)cc1.[Cl-].[Cl-]. The molecule has 0 saturated carbocycles. The highest BCUT2D eigenvalue weighted by molar-refractivity contribution is 5.82. The Hall–Kier alpha value is -2.78. The number of ether oxygens (including phenoxy) is 2. The van der Waals surface area contributed by atoms with Crippen molar-refractivity contribution in [3.63, 3.8) is 0 Å². The van der Waals surface area contributed by atoms with Crippen molar-refractivity contribution in [1.82, 2.24) is 8.97 Å². The number of halogens is 2. The van der Waals surface area contributed by atoms with Crippen LogP contribution in [0.3, 0.4) is 0 Å². The molecule has 8 nitrogen and oxygen atoms in total. The molecule has 2 rings (SSSR count). The fourth-order valence-electron chi connectivity index (χ4n) is 7.45. The molecule has 0 bridgehead atoms. The molecule has 0 spiro atoms. The molecule has 0 fully saturated rings. The predicted octanol–water partition coefficient (Wildman–Crippen LogP) is 5.29. The van der Waals surface area contributed by atoms with Crippen molar-refractivity contribution in [3.05, 3.63) is 59.7 Å². The summed E-state index contributed by atoms with van der Waals surface area (Å²) in [6, 6.07) is 16.8. The van der Waals surface area contributed by atoms with E-state index >= 15 is 0 Å². The maximum absolute atomic E-state index is 12.8. The number of quaternary nitrogens is 2. The van der Waals surface area contributed by atoms with Gasteiger partial charge in [-0.25, -0.2) is 9.59 Å². The third kappa shape index (κ3) is 21.5. The number of hydrogen-bond donors (Lipinski definition) is 0. The van der Waals surface area contributed by atoms with E-state index in [0.29, 0.717) is 48.4 Å². The standard InChI is InChI=1S/C48H80N4O4.2ClH/c1-7-13-15-17-19-21-23-25-37-55-47(53)41-51(9-3,10-4)45-31-27-43(28-32-45)39-49-35-36-50-40-44-29-33-46(34-30-44)52(11-5,12-6)42-48(54)56-38-26-24-22-20-18-16-14-8-2;;/h27-34,39-40H,7-26,35-38,41-42H2,1-6H3;2*1H/q+2;;/p-2. The Morgan fingerprint density at radius 2 is 0.759 bits per heavy atom. The molecule has 0 aliphatic carbocycles. The van der Waals surface area contributed by atoms with Crippen LogP contribution in [-0.4, -0.2) is 89.9 Å². The predicted molar refractivity (Wildman–Crippen MR) is 240 cm³/mol. The van der Waals surface area contributed by atoms with E-state index < -0.39 is 0 Å². The van der Waals surface area contributed by atoms with Gasteiger partial charge in [-0.15, -0.1) is 0 Å². The summed E-state index contributed by atoms with van der Waals surface area (Å²) in [6.45, 7) is 19.3. The minimum atomic E-state index is -0.116. The average Bonchev–Trinajstić information content (AvgIpc) is 3.22. The molecule has 0 amide bonds. The van der Waals surface area contributed by atoms with Crippen LogP contribution in [0.5, 0.6) is 0 Å². The Morgan fingerprint density at radius 3 is 1.05 bits per heavy atom. The molecule has 0 saturated heterocycles. The van der Waals surface area contributed by atoms with Crippen LogP contribution in [0.2, 0.25) is 0 Å². The highest BCUT2D eigenvalue weighted by atomic mass is 35.5. The van der Waals surface area contributed by atoms with Crippen LogP contribution in [0.15, 0.2) is 58.5 Å². The van der Waals surface area contributed by atoms with Crippen molar-refractivity contribution in [2.75, 3.05) is 65.6 Å². The van der Waals surface area contributed by atoms with Gasteiger partial charge in [0.05, 0.1) is 52.5 Å². The number of aliphatic imine (C=N–C) groups is 2. The van der Waals surface area contributed by atoms with Gasteiger partial charge in [0.25, 0.3) is 0 Å². The first-order valence-electron chi connectivity index (χ1n) is 22.6. The number of rotatable bonds is 33. The van der Waals surface area contributed by atoms with E-state index in [-0.39, 0.29) is 36.8 Å². The van der Waals surface area contributed by atoms with Crippen LogP contribution in [0.4, 0.5) is 11.4 Å². The molecule has 0 aromatic heterocycles. The molecule has 0 heterocycles. The lowest BCUT2D eigenvalue weighted by atomic mass is 10.1. The smallest absolute Gasteiger partial charge is 0.362 e. The maximum Gasteiger partial charge on any atom is 0.362 e. The zero-order valence-electron chi connectivity index (χ0n) is 37.3. The topological polar surface area (TPSA) is 77.3 Å². The molecular weight excluding hydrogens is 767 g/mol. The van der Waals surface area contributed by atoms with Gasteiger partial charge in [0.15, 0.2) is 13.1 Å². The number of esters is 2. The first kappa shape index (κ1) is 55.2. The van der Waals surface area contributed by atoms with Crippen molar-refractivity contribution < 1.29 is 43.9 Å². The fraction of sp³-hybridized carbons (Fsp3) is 0.667. The van der Waals surface area contributed by atoms with E-state index in [4.69, 9.17) is 9.47 Å². The summed E-state index contributed by atoms with van der Waals surface area (Å²) >= 11 is 0. The van der Waals surface area contributed by atoms with Crippen LogP contribution < -0.4 is 33.8 Å². The maximum atomic E-state index is 12.8. The van der Waals surface area contributed by atoms with Crippen molar-refractivity contribution in [2.24, 2.45) is 9.98 Å². The highest BCUT2D eigenvalue weighted by Crippen LogP contribution is 2.25. The second-order valence-electron chi connectivity index (χ2n) is 15.5. The fourth-order valence-corrected chi connectivity index (χ4v) is 7.45. The number of unbranched alkanes of at least 4 members (excludes halogenated alkanes) is 14. The monoisotopic (exact) mass is 847 g/mol. The van der Waals surface area contributed by atoms with Crippen molar-refractivity contribution in [3.8, 4) is 0 Å². The molecule has 0 aliphatic heterocycles. The second-order valence-corrected chi connectivity index (χ2v) is 15.5. The van der Waals surface area contributed by atoms with Crippen LogP contribution in [0.25, 0.3) is 0 Å². The van der Waals surface area contributed by atoms with E-state index in [1.165, 1.54) is 77.0 Å². The Morgan fingerprint density at radius 1 is 0.466 bits per heavy atom. The van der Waals surface area contributed by atoms with Gasteiger partial charge in [-0.1, -0.05) is 104 Å². The van der Waals surface area contributed by atoms with E-state index in [9.17, 15) is 9.59 Å². The van der Waals surface area contributed by atoms with Crippen LogP contribution in [-0.2, 0) is 19.1 Å². The van der Waals surface area contributed by atoms with Gasteiger partial charge >= 0.3 is 11.9 Å². The third-order valence-electron chi connectivity index (χ3n) is 11.5. The zero-order valence-corrected chi connectivity index (χ0v) is 38.8. The molecular formula is C48H80Cl2N4O4. The van der Waals surface area contributed by atoms with Gasteiger partial charge in [0.2, 0.25) is 0 Å². The molecule has 2 aromatic carbocycles. The molecule has 0 N–H and O–H groups in total. The lowest BCUT2D eigenvalue weighted by Gasteiger charge is -2.35. The van der Waals surface area contributed by atoms with Crippen LogP contribution in [0, 0.1) is 0 Å². The summed E-state index contributed by atoms with van der Waals surface area (Å²) in [5.41, 5.74) is 4.30. The molecule has 0 radical (unpaired) electrons. The molecule has 0 atom stereocenters. The zero-order chi connectivity index (χ0) is 40.7. The Bertz CT molecular complexity index is 1270. The Balaban J connectivity index is 0.0000162. The van der Waals surface area contributed by atoms with Gasteiger partial charge in [-0.2, -0.15) is 0 Å². The lowest BCUT2D eigenvalue weighted by molar-refractivity contribution is -0.145. The summed E-state index contributed by atoms with van der Waals surface area (Å²) in [6.07, 6.45) is 23.5. The number of nitrogens with zero attached hydrogens (tertiary/aromatic N) is 4. The first-order valence-corrected chi connectivity index (χ1v) is 22.6. The van der Waals surface area contributed by atoms with Gasteiger partial charge < -0.3 is 34.3 Å². The quantitative estimate of drug-likeness (QED) is 0.0424. The third-order valence-corrected chi connectivity index (χ3v) is 11.5. The molecule has 10 heteroatoms. The summed E-state index contributed by atoms with van der Waals surface area (Å²) in [5.74, 6) is -0.233. The van der Waals surface area contributed by atoms with Crippen molar-refractivity contribution in [2.45, 2.75) is 144 Å². The minimum Gasteiger partial charge on any atom is -1.00 e. The number of likely N-dealkylation sites (N-methyl/N-ethyl adjacent to an activating group) is 2. The highest BCUT2D eigenvalue weighted by Gasteiger charge is 2.31. The summed E-state index contributed by atoms with van der Waals surface area (Å²) in [5, 5.41) is 0. The van der Waals surface area contributed by atoms with Crippen molar-refractivity contribution in [1.29, 1.82) is 0 Å². The molecule has 0 aliphatic rings. The number of carbonyl (C=O) groups excluding carboxylic acids is 2. The molecule has 0 unspecified atom stereocenters. The largest absolute Gasteiger partial charge is 1.00 e. The van der Waals surface area contributed by atoms with E-state index in [1.807, 2.05) is 12.4 Å². The lowest BCUT2D eigenvalue weighted by Crippen LogP contribution is -3.00. The van der Waals surface area contributed by atoms with E-state index in [2.05, 4.69) is 100 Å². The van der Waals surface area contributed by atoms with Crippen molar-refractivity contribution >= 4 is 35.7 Å². The van der Waals surface area contributed by atoms with Gasteiger partial charge in [-0.3, -0.25) is 19.0 Å². The molecule has 330 valence electrons. The summed E-state index contributed by atoms with van der Waals surface area (Å²) in [7, 11) is 0.